The largest absolute Gasteiger partial charge is 0.433 e. The van der Waals surface area contributed by atoms with Crippen molar-refractivity contribution in [3.8, 4) is 11.1 Å². The molecule has 2 aliphatic heterocycles. The Morgan fingerprint density at radius 1 is 0.912 bits per heavy atom. The molecule has 4 nitrogen and oxygen atoms in total. The van der Waals surface area contributed by atoms with Crippen LogP contribution in [0.15, 0.2) is 60.7 Å². The number of carbonyl (C=O) groups excluding carboxylic acids is 1. The quantitative estimate of drug-likeness (QED) is 0.476. The summed E-state index contributed by atoms with van der Waals surface area (Å²) < 4.78 is 74.1. The molecule has 4 atom stereocenters. The average Bonchev–Trinajstić information content (AvgIpc) is 3.41. The predicted molar refractivity (Wildman–Crippen MR) is 114 cm³/mol. The van der Waals surface area contributed by atoms with Gasteiger partial charge in [-0.15, -0.1) is 0 Å². The number of anilines is 1. The van der Waals surface area contributed by atoms with E-state index in [1.165, 1.54) is 42.5 Å². The van der Waals surface area contributed by atoms with E-state index in [9.17, 15) is 26.7 Å². The van der Waals surface area contributed by atoms with Gasteiger partial charge in [0.2, 0.25) is 5.91 Å². The van der Waals surface area contributed by atoms with Gasteiger partial charge in [0.1, 0.15) is 17.3 Å². The van der Waals surface area contributed by atoms with Crippen LogP contribution in [-0.2, 0) is 15.7 Å². The number of carbonyl (C=O) groups is 1. The van der Waals surface area contributed by atoms with Crippen molar-refractivity contribution in [1.29, 1.82) is 0 Å². The molecule has 5 rings (SSSR count). The molecule has 2 fully saturated rings. The van der Waals surface area contributed by atoms with E-state index in [2.05, 4.69) is 10.3 Å². The third kappa shape index (κ3) is 4.04. The molecule has 9 heteroatoms. The maximum absolute atomic E-state index is 14.7. The van der Waals surface area contributed by atoms with Crippen molar-refractivity contribution in [2.75, 3.05) is 5.32 Å². The molecular weight excluding hydrogens is 455 g/mol. The summed E-state index contributed by atoms with van der Waals surface area (Å²) in [5.41, 5.74) is -0.595. The number of nitrogens with one attached hydrogen (secondary N) is 1. The minimum atomic E-state index is -4.61. The van der Waals surface area contributed by atoms with Crippen molar-refractivity contribution in [3.63, 3.8) is 0 Å². The van der Waals surface area contributed by atoms with Gasteiger partial charge in [0.15, 0.2) is 0 Å². The molecule has 34 heavy (non-hydrogen) atoms. The summed E-state index contributed by atoms with van der Waals surface area (Å²) in [6, 6.07) is 13.3. The Hall–Kier alpha value is -3.33. The molecule has 3 heterocycles. The molecular formula is C25H19F5N2O2. The average molecular weight is 474 g/mol. The normalized spacial score (nSPS) is 23.8. The fourth-order valence-corrected chi connectivity index (χ4v) is 4.90. The Bertz CT molecular complexity index is 1250. The maximum Gasteiger partial charge on any atom is 0.433 e. The molecule has 1 N–H and O–H groups in total. The Morgan fingerprint density at radius 2 is 1.65 bits per heavy atom. The topological polar surface area (TPSA) is 51.2 Å². The van der Waals surface area contributed by atoms with E-state index in [1.54, 1.807) is 6.07 Å². The molecule has 0 aliphatic carbocycles. The van der Waals surface area contributed by atoms with E-state index in [0.29, 0.717) is 12.8 Å². The summed E-state index contributed by atoms with van der Waals surface area (Å²) in [6.45, 7) is 0. The number of ether oxygens (including phenoxy) is 1. The lowest BCUT2D eigenvalue weighted by atomic mass is 9.76. The number of fused-ring (bicyclic) bond motifs is 2. The van der Waals surface area contributed by atoms with Crippen LogP contribution in [0.2, 0.25) is 0 Å². The molecule has 2 saturated heterocycles. The van der Waals surface area contributed by atoms with Crippen LogP contribution in [-0.4, -0.2) is 23.1 Å². The molecule has 3 aromatic rings. The highest BCUT2D eigenvalue weighted by molar-refractivity contribution is 5.94. The minimum absolute atomic E-state index is 0.0467. The van der Waals surface area contributed by atoms with E-state index in [0.717, 1.165) is 12.1 Å². The van der Waals surface area contributed by atoms with Crippen LogP contribution in [0, 0.1) is 17.6 Å². The number of amides is 1. The first-order chi connectivity index (χ1) is 16.2. The summed E-state index contributed by atoms with van der Waals surface area (Å²) in [7, 11) is 0. The first kappa shape index (κ1) is 22.5. The second-order valence-electron chi connectivity index (χ2n) is 8.45. The van der Waals surface area contributed by atoms with Gasteiger partial charge in [-0.2, -0.15) is 13.2 Å². The van der Waals surface area contributed by atoms with Gasteiger partial charge in [0, 0.05) is 28.4 Å². The van der Waals surface area contributed by atoms with Crippen LogP contribution in [0.25, 0.3) is 11.1 Å². The number of hydrogen-bond acceptors (Lipinski definition) is 3. The second kappa shape index (κ2) is 8.47. The summed E-state index contributed by atoms with van der Waals surface area (Å²) in [6.07, 6.45) is -4.28. The summed E-state index contributed by atoms with van der Waals surface area (Å²) in [5.74, 6) is -3.21. The van der Waals surface area contributed by atoms with Crippen molar-refractivity contribution in [2.45, 2.75) is 37.1 Å². The molecule has 0 spiro atoms. The molecule has 2 aliphatic rings. The lowest BCUT2D eigenvalue weighted by Gasteiger charge is -2.27. The highest BCUT2D eigenvalue weighted by atomic mass is 19.4. The van der Waals surface area contributed by atoms with Gasteiger partial charge >= 0.3 is 6.18 Å². The molecule has 0 radical (unpaired) electrons. The Kier molecular flexibility index (Phi) is 5.59. The summed E-state index contributed by atoms with van der Waals surface area (Å²) in [5, 5.41) is 2.64. The van der Waals surface area contributed by atoms with E-state index in [1.807, 2.05) is 0 Å². The van der Waals surface area contributed by atoms with Crippen LogP contribution >= 0.6 is 0 Å². The van der Waals surface area contributed by atoms with E-state index in [4.69, 9.17) is 4.74 Å². The van der Waals surface area contributed by atoms with Gasteiger partial charge in [-0.3, -0.25) is 4.79 Å². The molecule has 2 aromatic carbocycles. The van der Waals surface area contributed by atoms with E-state index < -0.39 is 53.5 Å². The third-order valence-electron chi connectivity index (χ3n) is 6.38. The molecule has 2 bridgehead atoms. The number of benzene rings is 2. The van der Waals surface area contributed by atoms with Crippen LogP contribution in [0.3, 0.4) is 0 Å². The van der Waals surface area contributed by atoms with Crippen LogP contribution < -0.4 is 5.32 Å². The maximum atomic E-state index is 14.7. The Balaban J connectivity index is 1.40. The van der Waals surface area contributed by atoms with E-state index in [-0.39, 0.29) is 22.5 Å². The molecule has 1 aromatic heterocycles. The monoisotopic (exact) mass is 474 g/mol. The smallest absolute Gasteiger partial charge is 0.373 e. The van der Waals surface area contributed by atoms with Crippen molar-refractivity contribution in [3.05, 3.63) is 83.7 Å². The summed E-state index contributed by atoms with van der Waals surface area (Å²) in [4.78, 5) is 16.9. The number of pyridine rings is 1. The van der Waals surface area contributed by atoms with Crippen LogP contribution in [0.1, 0.15) is 30.1 Å². The number of rotatable bonds is 4. The lowest BCUT2D eigenvalue weighted by molar-refractivity contribution is -0.141. The fourth-order valence-electron chi connectivity index (χ4n) is 4.90. The molecule has 176 valence electrons. The highest BCUT2D eigenvalue weighted by Gasteiger charge is 2.53. The van der Waals surface area contributed by atoms with Crippen LogP contribution in [0.4, 0.5) is 27.6 Å². The first-order valence-electron chi connectivity index (χ1n) is 10.8. The van der Waals surface area contributed by atoms with Gasteiger partial charge in [-0.05, 0) is 49.2 Å². The zero-order valence-electron chi connectivity index (χ0n) is 17.7. The standard InChI is InChI=1S/C25H19F5N2O2/c26-16-5-2-1-4-14(16)15-9-8-13(12-17(15)27)31-24(33)23-20-11-10-19(34-20)22(23)18-6-3-7-21(32-18)25(28,29)30/h1-9,12,19-20,22-23H,10-11H2,(H,31,33). The van der Waals surface area contributed by atoms with Crippen molar-refractivity contribution in [2.24, 2.45) is 5.92 Å². The van der Waals surface area contributed by atoms with Gasteiger partial charge in [-0.1, -0.05) is 24.3 Å². The fraction of sp³-hybridized carbons (Fsp3) is 0.280. The molecule has 4 unspecified atom stereocenters. The third-order valence-corrected chi connectivity index (χ3v) is 6.38. The first-order valence-corrected chi connectivity index (χ1v) is 10.8. The Labute approximate surface area is 191 Å². The summed E-state index contributed by atoms with van der Waals surface area (Å²) >= 11 is 0. The van der Waals surface area contributed by atoms with Gasteiger partial charge < -0.3 is 10.1 Å². The molecule has 1 amide bonds. The van der Waals surface area contributed by atoms with Gasteiger partial charge in [0.25, 0.3) is 0 Å². The SMILES string of the molecule is O=C(Nc1ccc(-c2ccccc2F)c(F)c1)C1C2CCC(O2)C1c1cccc(C(F)(F)F)n1. The van der Waals surface area contributed by atoms with Crippen molar-refractivity contribution in [1.82, 2.24) is 4.98 Å². The number of nitrogens with zero attached hydrogens (tertiary/aromatic N) is 1. The minimum Gasteiger partial charge on any atom is -0.373 e. The predicted octanol–water partition coefficient (Wildman–Crippen LogP) is 5.95. The number of alkyl halides is 3. The zero-order chi connectivity index (χ0) is 24.0. The van der Waals surface area contributed by atoms with Crippen LogP contribution in [0.5, 0.6) is 0 Å². The van der Waals surface area contributed by atoms with E-state index >= 15 is 0 Å². The lowest BCUT2D eigenvalue weighted by Crippen LogP contribution is -2.36. The zero-order valence-corrected chi connectivity index (χ0v) is 17.7. The second-order valence-corrected chi connectivity index (χ2v) is 8.45. The highest BCUT2D eigenvalue weighted by Crippen LogP contribution is 2.49. The van der Waals surface area contributed by atoms with Crippen molar-refractivity contribution >= 4 is 11.6 Å². The Morgan fingerprint density at radius 3 is 2.38 bits per heavy atom. The molecule has 0 saturated carbocycles. The van der Waals surface area contributed by atoms with Gasteiger partial charge in [-0.25, -0.2) is 13.8 Å². The number of aromatic nitrogens is 1. The van der Waals surface area contributed by atoms with Crippen molar-refractivity contribution < 1.29 is 31.5 Å². The van der Waals surface area contributed by atoms with Gasteiger partial charge in [0.05, 0.1) is 18.1 Å². The number of halogens is 5. The number of hydrogen-bond donors (Lipinski definition) is 1.